The van der Waals surface area contributed by atoms with Gasteiger partial charge in [-0.3, -0.25) is 9.59 Å². The largest absolute Gasteiger partial charge is 0.359 e. The number of hydrogen-bond donors (Lipinski definition) is 3. The predicted octanol–water partition coefficient (Wildman–Crippen LogP) is -0.634. The Hall–Kier alpha value is -1.10. The minimum absolute atomic E-state index is 0.0135. The van der Waals surface area contributed by atoms with Crippen molar-refractivity contribution in [1.82, 2.24) is 10.6 Å². The van der Waals surface area contributed by atoms with E-state index in [9.17, 15) is 9.59 Å². The van der Waals surface area contributed by atoms with Gasteiger partial charge in [-0.25, -0.2) is 0 Å². The molecule has 4 N–H and O–H groups in total. The summed E-state index contributed by atoms with van der Waals surface area (Å²) in [5, 5.41) is 5.05. The van der Waals surface area contributed by atoms with E-state index in [0.29, 0.717) is 25.7 Å². The van der Waals surface area contributed by atoms with Crippen LogP contribution in [-0.4, -0.2) is 32.0 Å². The number of nitrogens with two attached hydrogens (primary N) is 1. The summed E-state index contributed by atoms with van der Waals surface area (Å²) >= 11 is 0. The Morgan fingerprint density at radius 2 is 1.43 bits per heavy atom. The maximum absolute atomic E-state index is 10.9. The van der Waals surface area contributed by atoms with Crippen LogP contribution in [0.2, 0.25) is 0 Å². The van der Waals surface area contributed by atoms with E-state index >= 15 is 0 Å². The maximum Gasteiger partial charge on any atom is 0.219 e. The molecule has 0 spiro atoms. The van der Waals surface area contributed by atoms with E-state index in [1.807, 2.05) is 0 Å². The van der Waals surface area contributed by atoms with E-state index in [4.69, 9.17) is 5.73 Å². The van der Waals surface area contributed by atoms with Gasteiger partial charge >= 0.3 is 0 Å². The van der Waals surface area contributed by atoms with Crippen molar-refractivity contribution in [3.05, 3.63) is 0 Å². The second kappa shape index (κ2) is 7.32. The topological polar surface area (TPSA) is 84.2 Å². The molecule has 0 aliphatic carbocycles. The molecule has 0 aliphatic rings. The molecule has 0 rings (SSSR count). The van der Waals surface area contributed by atoms with Crippen molar-refractivity contribution in [3.63, 3.8) is 0 Å². The Kier molecular flexibility index (Phi) is 6.74. The summed E-state index contributed by atoms with van der Waals surface area (Å²) in [7, 11) is 3.19. The number of hydrogen-bond acceptors (Lipinski definition) is 3. The summed E-state index contributed by atoms with van der Waals surface area (Å²) in [5.74, 6) is -0.0270. The second-order valence-corrected chi connectivity index (χ2v) is 3.18. The summed E-state index contributed by atoms with van der Waals surface area (Å²) in [6.07, 6.45) is 2.09. The highest BCUT2D eigenvalue weighted by atomic mass is 16.2. The van der Waals surface area contributed by atoms with Crippen molar-refractivity contribution in [2.45, 2.75) is 31.7 Å². The van der Waals surface area contributed by atoms with Gasteiger partial charge in [-0.2, -0.15) is 0 Å². The molecule has 0 heterocycles. The molecule has 0 fully saturated rings. The molecule has 0 atom stereocenters. The van der Waals surface area contributed by atoms with Crippen LogP contribution in [0.5, 0.6) is 0 Å². The summed E-state index contributed by atoms with van der Waals surface area (Å²) in [5.41, 5.74) is 5.72. The third-order valence-electron chi connectivity index (χ3n) is 2.04. The molecule has 0 bridgehead atoms. The molecule has 2 amide bonds. The van der Waals surface area contributed by atoms with Gasteiger partial charge in [0.1, 0.15) is 0 Å². The first-order valence-corrected chi connectivity index (χ1v) is 4.77. The number of carbonyl (C=O) groups excluding carboxylic acids is 2. The smallest absolute Gasteiger partial charge is 0.219 e. The van der Waals surface area contributed by atoms with Crippen molar-refractivity contribution in [3.8, 4) is 0 Å². The molecule has 0 aromatic rings. The molecular weight excluding hydrogens is 182 g/mol. The van der Waals surface area contributed by atoms with Gasteiger partial charge < -0.3 is 16.4 Å². The van der Waals surface area contributed by atoms with Crippen LogP contribution in [0.25, 0.3) is 0 Å². The summed E-state index contributed by atoms with van der Waals surface area (Å²) in [6.45, 7) is 0. The van der Waals surface area contributed by atoms with E-state index < -0.39 is 0 Å². The molecule has 14 heavy (non-hydrogen) atoms. The van der Waals surface area contributed by atoms with Gasteiger partial charge in [0.25, 0.3) is 0 Å². The van der Waals surface area contributed by atoms with Gasteiger partial charge in [0.15, 0.2) is 0 Å². The van der Waals surface area contributed by atoms with Crippen molar-refractivity contribution < 1.29 is 9.59 Å². The van der Waals surface area contributed by atoms with Crippen LogP contribution < -0.4 is 16.4 Å². The summed E-state index contributed by atoms with van der Waals surface area (Å²) in [4.78, 5) is 21.7. The third kappa shape index (κ3) is 6.42. The molecule has 0 aromatic heterocycles. The van der Waals surface area contributed by atoms with Gasteiger partial charge in [-0.1, -0.05) is 0 Å². The highest BCUT2D eigenvalue weighted by molar-refractivity contribution is 5.76. The summed E-state index contributed by atoms with van der Waals surface area (Å²) < 4.78 is 0. The van der Waals surface area contributed by atoms with Gasteiger partial charge in [-0.15, -0.1) is 0 Å². The zero-order valence-electron chi connectivity index (χ0n) is 8.80. The zero-order valence-corrected chi connectivity index (χ0v) is 8.80. The zero-order chi connectivity index (χ0) is 11.0. The lowest BCUT2D eigenvalue weighted by molar-refractivity contribution is -0.121. The minimum atomic E-state index is -0.0791. The van der Waals surface area contributed by atoms with Gasteiger partial charge in [0.05, 0.1) is 0 Å². The normalized spacial score (nSPS) is 10.0. The molecular formula is C9H19N3O2. The van der Waals surface area contributed by atoms with Crippen LogP contribution in [0.3, 0.4) is 0 Å². The van der Waals surface area contributed by atoms with Gasteiger partial charge in [-0.05, 0) is 12.8 Å². The number of rotatable bonds is 6. The minimum Gasteiger partial charge on any atom is -0.359 e. The quantitative estimate of drug-likeness (QED) is 0.535. The van der Waals surface area contributed by atoms with Crippen molar-refractivity contribution >= 4 is 11.8 Å². The van der Waals surface area contributed by atoms with E-state index in [1.54, 1.807) is 14.1 Å². The lowest BCUT2D eigenvalue weighted by Gasteiger charge is -2.09. The lowest BCUT2D eigenvalue weighted by Crippen LogP contribution is -2.27. The monoisotopic (exact) mass is 201 g/mol. The molecule has 0 saturated carbocycles. The van der Waals surface area contributed by atoms with Crippen LogP contribution in [0.4, 0.5) is 0 Å². The highest BCUT2D eigenvalue weighted by Crippen LogP contribution is 2.02. The van der Waals surface area contributed by atoms with Crippen molar-refractivity contribution in [2.24, 2.45) is 5.73 Å². The fourth-order valence-electron chi connectivity index (χ4n) is 1.03. The lowest BCUT2D eigenvalue weighted by atomic mass is 10.1. The number of carbonyl (C=O) groups is 2. The van der Waals surface area contributed by atoms with E-state index in [2.05, 4.69) is 10.6 Å². The average Bonchev–Trinajstić information content (AvgIpc) is 2.22. The molecule has 0 unspecified atom stereocenters. The van der Waals surface area contributed by atoms with Crippen LogP contribution in [-0.2, 0) is 9.59 Å². The first-order valence-electron chi connectivity index (χ1n) is 4.77. The Labute approximate surface area is 84.4 Å². The highest BCUT2D eigenvalue weighted by Gasteiger charge is 2.07. The average molecular weight is 201 g/mol. The fraction of sp³-hybridized carbons (Fsp3) is 0.778. The molecule has 5 nitrogen and oxygen atoms in total. The number of amides is 2. The molecule has 0 aromatic carbocycles. The SMILES string of the molecule is CNC(=O)CCC(N)CCC(=O)NC. The van der Waals surface area contributed by atoms with Crippen LogP contribution >= 0.6 is 0 Å². The Morgan fingerprint density at radius 1 is 1.07 bits per heavy atom. The van der Waals surface area contributed by atoms with E-state index in [0.717, 1.165) is 0 Å². The maximum atomic E-state index is 10.9. The van der Waals surface area contributed by atoms with Crippen LogP contribution in [0, 0.1) is 0 Å². The number of nitrogens with one attached hydrogen (secondary N) is 2. The standard InChI is InChI=1S/C9H19N3O2/c1-11-8(13)5-3-7(10)4-6-9(14)12-2/h7H,3-6,10H2,1-2H3,(H,11,13)(H,12,14). The van der Waals surface area contributed by atoms with Crippen molar-refractivity contribution in [1.29, 1.82) is 0 Å². The van der Waals surface area contributed by atoms with Gasteiger partial charge in [0.2, 0.25) is 11.8 Å². The first-order chi connectivity index (χ1) is 6.60. The van der Waals surface area contributed by atoms with Crippen LogP contribution in [0.15, 0.2) is 0 Å². The van der Waals surface area contributed by atoms with Crippen molar-refractivity contribution in [2.75, 3.05) is 14.1 Å². The van der Waals surface area contributed by atoms with E-state index in [-0.39, 0.29) is 17.9 Å². The third-order valence-corrected chi connectivity index (χ3v) is 2.04. The Bertz CT molecular complexity index is 174. The predicted molar refractivity (Wildman–Crippen MR) is 54.6 cm³/mol. The second-order valence-electron chi connectivity index (χ2n) is 3.18. The molecule has 0 saturated heterocycles. The van der Waals surface area contributed by atoms with Crippen LogP contribution in [0.1, 0.15) is 25.7 Å². The molecule has 82 valence electrons. The Morgan fingerprint density at radius 3 is 1.71 bits per heavy atom. The molecule has 5 heteroatoms. The molecule has 0 aliphatic heterocycles. The van der Waals surface area contributed by atoms with Gasteiger partial charge in [0, 0.05) is 33.0 Å². The Balaban J connectivity index is 3.50. The fourth-order valence-corrected chi connectivity index (χ4v) is 1.03. The summed E-state index contributed by atoms with van der Waals surface area (Å²) in [6, 6.07) is -0.0791. The first kappa shape index (κ1) is 12.9. The van der Waals surface area contributed by atoms with E-state index in [1.165, 1.54) is 0 Å². The molecule has 0 radical (unpaired) electrons.